The van der Waals surface area contributed by atoms with Crippen LogP contribution in [0.5, 0.6) is 5.88 Å². The van der Waals surface area contributed by atoms with E-state index in [1.807, 2.05) is 13.0 Å². The molecule has 0 radical (unpaired) electrons. The largest absolute Gasteiger partial charge is 0.478 e. The van der Waals surface area contributed by atoms with Gasteiger partial charge in [0.2, 0.25) is 5.88 Å². The summed E-state index contributed by atoms with van der Waals surface area (Å²) < 4.78 is 5.30. The molecule has 84 valence electrons. The van der Waals surface area contributed by atoms with Crippen LogP contribution in [0.15, 0.2) is 12.4 Å². The Morgan fingerprint density at radius 1 is 1.40 bits per heavy atom. The summed E-state index contributed by atoms with van der Waals surface area (Å²) in [4.78, 5) is 8.15. The number of nitrogens with zero attached hydrogens (tertiary/aromatic N) is 2. The summed E-state index contributed by atoms with van der Waals surface area (Å²) in [5.41, 5.74) is 0. The van der Waals surface area contributed by atoms with E-state index in [1.165, 1.54) is 6.33 Å². The van der Waals surface area contributed by atoms with Gasteiger partial charge in [-0.15, -0.1) is 0 Å². The molecule has 0 aliphatic rings. The second-order valence-electron chi connectivity index (χ2n) is 3.51. The zero-order valence-corrected chi connectivity index (χ0v) is 9.66. The van der Waals surface area contributed by atoms with Crippen LogP contribution < -0.4 is 10.1 Å². The first-order valence-electron chi connectivity index (χ1n) is 5.47. The average molecular weight is 209 g/mol. The first-order chi connectivity index (χ1) is 7.26. The molecule has 0 saturated carbocycles. The smallest absolute Gasteiger partial charge is 0.218 e. The maximum atomic E-state index is 5.30. The van der Waals surface area contributed by atoms with Crippen molar-refractivity contribution in [1.29, 1.82) is 0 Å². The van der Waals surface area contributed by atoms with Gasteiger partial charge >= 0.3 is 0 Å². The van der Waals surface area contributed by atoms with Crippen LogP contribution in [0, 0.1) is 0 Å². The second kappa shape index (κ2) is 6.22. The highest BCUT2D eigenvalue weighted by Gasteiger charge is 2.03. The lowest BCUT2D eigenvalue weighted by molar-refractivity contribution is 0.326. The summed E-state index contributed by atoms with van der Waals surface area (Å²) in [6.45, 7) is 6.88. The topological polar surface area (TPSA) is 47.0 Å². The molecule has 0 fully saturated rings. The van der Waals surface area contributed by atoms with Gasteiger partial charge in [-0.3, -0.25) is 0 Å². The average Bonchev–Trinajstić information content (AvgIpc) is 2.19. The van der Waals surface area contributed by atoms with Gasteiger partial charge < -0.3 is 10.1 Å². The lowest BCUT2D eigenvalue weighted by Crippen LogP contribution is -2.15. The minimum absolute atomic E-state index is 0.430. The van der Waals surface area contributed by atoms with Crippen molar-refractivity contribution >= 4 is 5.82 Å². The first-order valence-corrected chi connectivity index (χ1v) is 5.47. The maximum Gasteiger partial charge on any atom is 0.218 e. The SMILES string of the molecule is CCCC(C)Nc1cc(OCC)ncn1. The molecule has 4 nitrogen and oxygen atoms in total. The van der Waals surface area contributed by atoms with Gasteiger partial charge in [0.15, 0.2) is 0 Å². The molecule has 0 aromatic carbocycles. The van der Waals surface area contributed by atoms with Crippen LogP contribution in [0.4, 0.5) is 5.82 Å². The zero-order chi connectivity index (χ0) is 11.1. The summed E-state index contributed by atoms with van der Waals surface area (Å²) in [6, 6.07) is 2.26. The molecule has 1 atom stereocenters. The fourth-order valence-electron chi connectivity index (χ4n) is 1.40. The molecule has 0 spiro atoms. The molecule has 0 aliphatic heterocycles. The highest BCUT2D eigenvalue weighted by atomic mass is 16.5. The molecule has 4 heteroatoms. The fraction of sp³-hybridized carbons (Fsp3) is 0.636. The molecule has 15 heavy (non-hydrogen) atoms. The molecule has 0 aliphatic carbocycles. The number of hydrogen-bond acceptors (Lipinski definition) is 4. The predicted octanol–water partition coefficient (Wildman–Crippen LogP) is 2.48. The van der Waals surface area contributed by atoms with Crippen LogP contribution in [0.2, 0.25) is 0 Å². The van der Waals surface area contributed by atoms with Crippen molar-refractivity contribution in [3.05, 3.63) is 12.4 Å². The van der Waals surface area contributed by atoms with Crippen LogP contribution in [0.25, 0.3) is 0 Å². The quantitative estimate of drug-likeness (QED) is 0.781. The molecular weight excluding hydrogens is 190 g/mol. The monoisotopic (exact) mass is 209 g/mol. The minimum Gasteiger partial charge on any atom is -0.478 e. The maximum absolute atomic E-state index is 5.30. The molecular formula is C11H19N3O. The summed E-state index contributed by atoms with van der Waals surface area (Å²) in [6.07, 6.45) is 3.82. The van der Waals surface area contributed by atoms with Crippen molar-refractivity contribution in [2.45, 2.75) is 39.7 Å². The van der Waals surface area contributed by atoms with E-state index in [1.54, 1.807) is 0 Å². The van der Waals surface area contributed by atoms with E-state index in [2.05, 4.69) is 29.1 Å². The van der Waals surface area contributed by atoms with Gasteiger partial charge in [-0.05, 0) is 20.3 Å². The van der Waals surface area contributed by atoms with Crippen molar-refractivity contribution in [1.82, 2.24) is 9.97 Å². The molecule has 1 aromatic rings. The minimum atomic E-state index is 0.430. The van der Waals surface area contributed by atoms with Crippen LogP contribution in [0.3, 0.4) is 0 Å². The molecule has 1 rings (SSSR count). The predicted molar refractivity (Wildman–Crippen MR) is 61.2 cm³/mol. The molecule has 1 aromatic heterocycles. The summed E-state index contributed by atoms with van der Waals surface area (Å²) in [5.74, 6) is 1.45. The summed E-state index contributed by atoms with van der Waals surface area (Å²) >= 11 is 0. The van der Waals surface area contributed by atoms with Gasteiger partial charge in [-0.1, -0.05) is 13.3 Å². The van der Waals surface area contributed by atoms with Gasteiger partial charge in [-0.25, -0.2) is 9.97 Å². The third-order valence-corrected chi connectivity index (χ3v) is 2.05. The van der Waals surface area contributed by atoms with E-state index >= 15 is 0 Å². The van der Waals surface area contributed by atoms with E-state index in [0.717, 1.165) is 18.7 Å². The lowest BCUT2D eigenvalue weighted by Gasteiger charge is -2.13. The van der Waals surface area contributed by atoms with Gasteiger partial charge in [-0.2, -0.15) is 0 Å². The van der Waals surface area contributed by atoms with Gasteiger partial charge in [0, 0.05) is 12.1 Å². The molecule has 1 unspecified atom stereocenters. The van der Waals surface area contributed by atoms with Crippen molar-refractivity contribution in [3.63, 3.8) is 0 Å². The third-order valence-electron chi connectivity index (χ3n) is 2.05. The Bertz CT molecular complexity index is 291. The Balaban J connectivity index is 2.56. The number of rotatable bonds is 6. The summed E-state index contributed by atoms with van der Waals surface area (Å²) in [7, 11) is 0. The Hall–Kier alpha value is -1.32. The third kappa shape index (κ3) is 4.14. The molecule has 0 saturated heterocycles. The Kier molecular flexibility index (Phi) is 4.87. The molecule has 1 heterocycles. The van der Waals surface area contributed by atoms with E-state index in [9.17, 15) is 0 Å². The van der Waals surface area contributed by atoms with E-state index in [-0.39, 0.29) is 0 Å². The summed E-state index contributed by atoms with van der Waals surface area (Å²) in [5, 5.41) is 3.31. The van der Waals surface area contributed by atoms with Crippen LogP contribution in [-0.2, 0) is 0 Å². The Morgan fingerprint density at radius 3 is 2.87 bits per heavy atom. The second-order valence-corrected chi connectivity index (χ2v) is 3.51. The molecule has 0 bridgehead atoms. The van der Waals surface area contributed by atoms with Gasteiger partial charge in [0.1, 0.15) is 12.1 Å². The van der Waals surface area contributed by atoms with Gasteiger partial charge in [0.05, 0.1) is 6.61 Å². The van der Waals surface area contributed by atoms with Crippen molar-refractivity contribution in [2.24, 2.45) is 0 Å². The highest BCUT2D eigenvalue weighted by Crippen LogP contribution is 2.12. The van der Waals surface area contributed by atoms with E-state index < -0.39 is 0 Å². The van der Waals surface area contributed by atoms with Crippen LogP contribution in [-0.4, -0.2) is 22.6 Å². The van der Waals surface area contributed by atoms with E-state index in [0.29, 0.717) is 18.5 Å². The van der Waals surface area contributed by atoms with Gasteiger partial charge in [0.25, 0.3) is 0 Å². The highest BCUT2D eigenvalue weighted by molar-refractivity contribution is 5.37. The fourth-order valence-corrected chi connectivity index (χ4v) is 1.40. The standard InChI is InChI=1S/C11H19N3O/c1-4-6-9(3)14-10-7-11(15-5-2)13-8-12-10/h7-9H,4-6H2,1-3H3,(H,12,13,14). The van der Waals surface area contributed by atoms with Crippen molar-refractivity contribution in [3.8, 4) is 5.88 Å². The first kappa shape index (κ1) is 11.8. The van der Waals surface area contributed by atoms with Crippen molar-refractivity contribution < 1.29 is 4.74 Å². The number of anilines is 1. The lowest BCUT2D eigenvalue weighted by atomic mass is 10.2. The zero-order valence-electron chi connectivity index (χ0n) is 9.66. The van der Waals surface area contributed by atoms with E-state index in [4.69, 9.17) is 4.74 Å². The van der Waals surface area contributed by atoms with Crippen LogP contribution >= 0.6 is 0 Å². The molecule has 0 amide bonds. The Labute approximate surface area is 91.1 Å². The normalized spacial score (nSPS) is 12.2. The van der Waals surface area contributed by atoms with Crippen molar-refractivity contribution in [2.75, 3.05) is 11.9 Å². The number of nitrogens with one attached hydrogen (secondary N) is 1. The Morgan fingerprint density at radius 2 is 2.20 bits per heavy atom. The number of hydrogen-bond donors (Lipinski definition) is 1. The van der Waals surface area contributed by atoms with Crippen LogP contribution in [0.1, 0.15) is 33.6 Å². The molecule has 1 N–H and O–H groups in total. The number of ether oxygens (including phenoxy) is 1. The number of aromatic nitrogens is 2.